The summed E-state index contributed by atoms with van der Waals surface area (Å²) in [4.78, 5) is 29.5. The van der Waals surface area contributed by atoms with Gasteiger partial charge in [0.2, 0.25) is 0 Å². The molecular weight excluding hydrogens is 395 g/mol. The lowest BCUT2D eigenvalue weighted by Gasteiger charge is -2.21. The molecule has 4 rings (SSSR count). The van der Waals surface area contributed by atoms with E-state index in [0.717, 1.165) is 10.6 Å². The van der Waals surface area contributed by atoms with Gasteiger partial charge in [0.1, 0.15) is 17.3 Å². The molecule has 6 heteroatoms. The highest BCUT2D eigenvalue weighted by molar-refractivity contribution is 6.46. The number of para-hydroxylation sites is 2. The Balaban J connectivity index is 1.86. The molecule has 0 unspecified atom stereocenters. The van der Waals surface area contributed by atoms with Crippen LogP contribution in [0.4, 0.5) is 15.8 Å². The first kappa shape index (κ1) is 20.3. The van der Waals surface area contributed by atoms with Gasteiger partial charge in [-0.2, -0.15) is 0 Å². The Labute approximate surface area is 180 Å². The van der Waals surface area contributed by atoms with Crippen LogP contribution in [-0.4, -0.2) is 25.5 Å². The number of likely N-dealkylation sites (N-methyl/N-ethyl adjacent to an activating group) is 1. The molecule has 3 aromatic carbocycles. The third kappa shape index (κ3) is 3.68. The van der Waals surface area contributed by atoms with Gasteiger partial charge >= 0.3 is 0 Å². The summed E-state index contributed by atoms with van der Waals surface area (Å²) >= 11 is 0. The number of hydrogen-bond acceptors (Lipinski definition) is 4. The second-order valence-electron chi connectivity index (χ2n) is 6.97. The summed E-state index contributed by atoms with van der Waals surface area (Å²) in [6, 6.07) is 22.0. The molecule has 0 atom stereocenters. The van der Waals surface area contributed by atoms with Crippen molar-refractivity contribution in [1.29, 1.82) is 0 Å². The minimum atomic E-state index is -0.640. The van der Waals surface area contributed by atoms with Crippen molar-refractivity contribution in [2.75, 3.05) is 23.5 Å². The van der Waals surface area contributed by atoms with Crippen molar-refractivity contribution in [3.05, 3.63) is 95.9 Å². The van der Waals surface area contributed by atoms with E-state index >= 15 is 0 Å². The van der Waals surface area contributed by atoms with Crippen LogP contribution in [0.2, 0.25) is 0 Å². The molecule has 156 valence electrons. The maximum Gasteiger partial charge on any atom is 0.282 e. The SMILES string of the molecule is CCOc1ccc(C2=C(N(C)c3ccccc3)C(=O)N(c3ccccc3F)C2=O)cc1. The van der Waals surface area contributed by atoms with E-state index in [9.17, 15) is 14.0 Å². The molecule has 0 bridgehead atoms. The molecule has 1 aliphatic heterocycles. The molecule has 0 aliphatic carbocycles. The molecule has 3 aromatic rings. The highest BCUT2D eigenvalue weighted by Crippen LogP contribution is 2.37. The second kappa shape index (κ2) is 8.44. The fraction of sp³-hybridized carbons (Fsp3) is 0.120. The third-order valence-electron chi connectivity index (χ3n) is 5.09. The predicted octanol–water partition coefficient (Wildman–Crippen LogP) is 4.65. The van der Waals surface area contributed by atoms with Gasteiger partial charge in [0.25, 0.3) is 11.8 Å². The van der Waals surface area contributed by atoms with E-state index < -0.39 is 17.6 Å². The number of rotatable bonds is 6. The van der Waals surface area contributed by atoms with Gasteiger partial charge in [-0.15, -0.1) is 0 Å². The summed E-state index contributed by atoms with van der Waals surface area (Å²) in [5, 5.41) is 0. The van der Waals surface area contributed by atoms with Crippen LogP contribution in [0.3, 0.4) is 0 Å². The Morgan fingerprint density at radius 3 is 2.16 bits per heavy atom. The van der Waals surface area contributed by atoms with Gasteiger partial charge in [-0.3, -0.25) is 9.59 Å². The monoisotopic (exact) mass is 416 g/mol. The summed E-state index contributed by atoms with van der Waals surface area (Å²) in [6.45, 7) is 2.40. The van der Waals surface area contributed by atoms with Gasteiger partial charge in [0.05, 0.1) is 17.9 Å². The van der Waals surface area contributed by atoms with Crippen molar-refractivity contribution in [2.45, 2.75) is 6.92 Å². The van der Waals surface area contributed by atoms with E-state index in [-0.39, 0.29) is 17.0 Å². The van der Waals surface area contributed by atoms with Crippen LogP contribution >= 0.6 is 0 Å². The maximum atomic E-state index is 14.5. The molecule has 1 aliphatic rings. The molecule has 0 radical (unpaired) electrons. The zero-order valence-corrected chi connectivity index (χ0v) is 17.2. The van der Waals surface area contributed by atoms with Gasteiger partial charge in [-0.1, -0.05) is 42.5 Å². The van der Waals surface area contributed by atoms with Crippen molar-refractivity contribution in [3.8, 4) is 5.75 Å². The van der Waals surface area contributed by atoms with E-state index in [0.29, 0.717) is 17.9 Å². The fourth-order valence-electron chi connectivity index (χ4n) is 3.61. The quantitative estimate of drug-likeness (QED) is 0.549. The molecule has 0 saturated carbocycles. The summed E-state index contributed by atoms with van der Waals surface area (Å²) in [7, 11) is 1.72. The first-order valence-corrected chi connectivity index (χ1v) is 9.92. The van der Waals surface area contributed by atoms with Crippen LogP contribution in [0.25, 0.3) is 5.57 Å². The van der Waals surface area contributed by atoms with Gasteiger partial charge in [-0.05, 0) is 48.9 Å². The molecule has 1 heterocycles. The molecule has 5 nitrogen and oxygen atoms in total. The number of hydrogen-bond donors (Lipinski definition) is 0. The average Bonchev–Trinajstić information content (AvgIpc) is 3.05. The Morgan fingerprint density at radius 2 is 1.52 bits per heavy atom. The van der Waals surface area contributed by atoms with Crippen molar-refractivity contribution in [2.24, 2.45) is 0 Å². The number of nitrogens with zero attached hydrogens (tertiary/aromatic N) is 2. The topological polar surface area (TPSA) is 49.9 Å². The first-order chi connectivity index (χ1) is 15.0. The highest BCUT2D eigenvalue weighted by atomic mass is 19.1. The number of carbonyl (C=O) groups excluding carboxylic acids is 2. The summed E-state index contributed by atoms with van der Waals surface area (Å²) < 4.78 is 20.0. The lowest BCUT2D eigenvalue weighted by molar-refractivity contribution is -0.120. The maximum absolute atomic E-state index is 14.5. The van der Waals surface area contributed by atoms with Crippen molar-refractivity contribution in [1.82, 2.24) is 0 Å². The van der Waals surface area contributed by atoms with Crippen LogP contribution < -0.4 is 14.5 Å². The fourth-order valence-corrected chi connectivity index (χ4v) is 3.61. The number of benzene rings is 3. The average molecular weight is 416 g/mol. The van der Waals surface area contributed by atoms with Gasteiger partial charge in [0, 0.05) is 12.7 Å². The third-order valence-corrected chi connectivity index (χ3v) is 5.09. The molecule has 31 heavy (non-hydrogen) atoms. The molecular formula is C25H21FN2O3. The lowest BCUT2D eigenvalue weighted by Crippen LogP contribution is -2.34. The normalized spacial score (nSPS) is 13.7. The number of imide groups is 1. The number of halogens is 1. The number of carbonyl (C=O) groups is 2. The Kier molecular flexibility index (Phi) is 5.54. The smallest absolute Gasteiger partial charge is 0.282 e. The van der Waals surface area contributed by atoms with Gasteiger partial charge in [0.15, 0.2) is 0 Å². The molecule has 0 N–H and O–H groups in total. The van der Waals surface area contributed by atoms with Crippen LogP contribution in [0.5, 0.6) is 5.75 Å². The van der Waals surface area contributed by atoms with E-state index in [4.69, 9.17) is 4.74 Å². The number of anilines is 2. The van der Waals surface area contributed by atoms with Crippen molar-refractivity contribution >= 4 is 28.8 Å². The second-order valence-corrected chi connectivity index (χ2v) is 6.97. The Morgan fingerprint density at radius 1 is 0.871 bits per heavy atom. The highest BCUT2D eigenvalue weighted by Gasteiger charge is 2.43. The molecule has 0 saturated heterocycles. The minimum Gasteiger partial charge on any atom is -0.494 e. The lowest BCUT2D eigenvalue weighted by atomic mass is 10.0. The Bertz CT molecular complexity index is 1160. The zero-order valence-electron chi connectivity index (χ0n) is 17.2. The number of ether oxygens (including phenoxy) is 1. The Hall–Kier alpha value is -3.93. The minimum absolute atomic E-state index is 0.0719. The van der Waals surface area contributed by atoms with Crippen LogP contribution in [0.1, 0.15) is 12.5 Å². The van der Waals surface area contributed by atoms with Crippen molar-refractivity contribution < 1.29 is 18.7 Å². The van der Waals surface area contributed by atoms with E-state index in [1.807, 2.05) is 37.3 Å². The van der Waals surface area contributed by atoms with Gasteiger partial charge in [-0.25, -0.2) is 9.29 Å². The summed E-state index contributed by atoms with van der Waals surface area (Å²) in [5.41, 5.74) is 1.61. The van der Waals surface area contributed by atoms with E-state index in [1.54, 1.807) is 42.3 Å². The van der Waals surface area contributed by atoms with Crippen LogP contribution in [-0.2, 0) is 9.59 Å². The van der Waals surface area contributed by atoms with Crippen LogP contribution in [0, 0.1) is 5.82 Å². The largest absolute Gasteiger partial charge is 0.494 e. The molecule has 2 amide bonds. The van der Waals surface area contributed by atoms with Crippen LogP contribution in [0.15, 0.2) is 84.6 Å². The van der Waals surface area contributed by atoms with E-state index in [1.165, 1.54) is 18.2 Å². The van der Waals surface area contributed by atoms with Crippen molar-refractivity contribution in [3.63, 3.8) is 0 Å². The molecule has 0 aromatic heterocycles. The predicted molar refractivity (Wildman–Crippen MR) is 118 cm³/mol. The molecule has 0 spiro atoms. The number of amides is 2. The van der Waals surface area contributed by atoms with E-state index in [2.05, 4.69) is 0 Å². The zero-order chi connectivity index (χ0) is 22.0. The first-order valence-electron chi connectivity index (χ1n) is 9.92. The van der Waals surface area contributed by atoms with Gasteiger partial charge < -0.3 is 9.64 Å². The summed E-state index contributed by atoms with van der Waals surface area (Å²) in [5.74, 6) is -1.13. The molecule has 0 fully saturated rings. The summed E-state index contributed by atoms with van der Waals surface area (Å²) in [6.07, 6.45) is 0. The standard InChI is InChI=1S/C25H21FN2O3/c1-3-31-19-15-13-17(14-16-19)22-23(27(2)18-9-5-4-6-10-18)25(30)28(24(22)29)21-12-8-7-11-20(21)26/h4-16H,3H2,1-2H3.